The van der Waals surface area contributed by atoms with Crippen LogP contribution in [0.3, 0.4) is 0 Å². The first-order valence-electron chi connectivity index (χ1n) is 2.64. The first-order valence-corrected chi connectivity index (χ1v) is 3.79. The summed E-state index contributed by atoms with van der Waals surface area (Å²) in [7, 11) is 0. The summed E-state index contributed by atoms with van der Waals surface area (Å²) in [6.07, 6.45) is 0. The summed E-state index contributed by atoms with van der Waals surface area (Å²) in [4.78, 5) is 0. The first kappa shape index (κ1) is 9.09. The van der Waals surface area contributed by atoms with E-state index in [0.717, 1.165) is 18.1 Å². The van der Waals surface area contributed by atoms with Crippen LogP contribution in [0.5, 0.6) is 0 Å². The molecule has 1 heterocycles. The van der Waals surface area contributed by atoms with Crippen molar-refractivity contribution >= 4 is 24.2 Å². The summed E-state index contributed by atoms with van der Waals surface area (Å²) in [6, 6.07) is 2.28. The summed E-state index contributed by atoms with van der Waals surface area (Å²) < 4.78 is 0. The van der Waals surface area contributed by atoms with Gasteiger partial charge in [-0.05, 0) is 0 Å². The van der Waals surface area contributed by atoms with E-state index < -0.39 is 0 Å². The van der Waals surface area contributed by atoms with Gasteiger partial charge in [0.15, 0.2) is 0 Å². The standard InChI is InChI=1S/C5H8N2S.ClH/c6-3-5-4-8-2-1-7-5;/h5,7H,1-2,4H2;1H. The van der Waals surface area contributed by atoms with Crippen molar-refractivity contribution in [3.05, 3.63) is 0 Å². The molecule has 1 unspecified atom stereocenters. The molecule has 0 bridgehead atoms. The average molecular weight is 165 g/mol. The Bertz CT molecular complexity index is 106. The Balaban J connectivity index is 0.000000640. The Morgan fingerprint density at radius 1 is 1.67 bits per heavy atom. The van der Waals surface area contributed by atoms with Gasteiger partial charge in [-0.15, -0.1) is 12.4 Å². The molecule has 2 nitrogen and oxygen atoms in total. The lowest BCUT2D eigenvalue weighted by molar-refractivity contribution is 0.666. The van der Waals surface area contributed by atoms with Crippen LogP contribution in [0, 0.1) is 11.3 Å². The van der Waals surface area contributed by atoms with Gasteiger partial charge in [-0.1, -0.05) is 0 Å². The molecule has 4 heteroatoms. The minimum Gasteiger partial charge on any atom is -0.300 e. The van der Waals surface area contributed by atoms with Crippen molar-refractivity contribution in [2.75, 3.05) is 18.1 Å². The molecule has 0 aromatic rings. The maximum atomic E-state index is 8.37. The van der Waals surface area contributed by atoms with Gasteiger partial charge in [0.25, 0.3) is 0 Å². The SMILES string of the molecule is Cl.N#CC1CSCCN1. The Hall–Kier alpha value is 0.0900. The summed E-state index contributed by atoms with van der Waals surface area (Å²) >= 11 is 1.84. The van der Waals surface area contributed by atoms with Crippen LogP contribution >= 0.6 is 24.2 Å². The second kappa shape index (κ2) is 4.92. The summed E-state index contributed by atoms with van der Waals surface area (Å²) in [5.74, 6) is 2.11. The van der Waals surface area contributed by atoms with E-state index in [0.29, 0.717) is 0 Å². The van der Waals surface area contributed by atoms with E-state index in [9.17, 15) is 0 Å². The van der Waals surface area contributed by atoms with Crippen LogP contribution in [0.4, 0.5) is 0 Å². The number of thioether (sulfide) groups is 1. The highest BCUT2D eigenvalue weighted by atomic mass is 35.5. The predicted octanol–water partition coefficient (Wildman–Crippen LogP) is 0.637. The molecular weight excluding hydrogens is 156 g/mol. The molecule has 1 aliphatic heterocycles. The summed E-state index contributed by atoms with van der Waals surface area (Å²) in [5, 5.41) is 11.5. The lowest BCUT2D eigenvalue weighted by Crippen LogP contribution is -2.35. The molecule has 1 fully saturated rings. The maximum Gasteiger partial charge on any atom is 0.104 e. The van der Waals surface area contributed by atoms with Gasteiger partial charge in [0.1, 0.15) is 6.04 Å². The maximum absolute atomic E-state index is 8.37. The Morgan fingerprint density at radius 3 is 2.78 bits per heavy atom. The predicted molar refractivity (Wildman–Crippen MR) is 42.0 cm³/mol. The fourth-order valence-electron chi connectivity index (χ4n) is 0.648. The van der Waals surface area contributed by atoms with Gasteiger partial charge in [-0.2, -0.15) is 17.0 Å². The third-order valence-corrected chi connectivity index (χ3v) is 2.14. The monoisotopic (exact) mass is 164 g/mol. The highest BCUT2D eigenvalue weighted by Gasteiger charge is 2.09. The third-order valence-electron chi connectivity index (χ3n) is 1.08. The van der Waals surface area contributed by atoms with Crippen LogP contribution < -0.4 is 5.32 Å². The van der Waals surface area contributed by atoms with Crippen LogP contribution in [0.25, 0.3) is 0 Å². The van der Waals surface area contributed by atoms with Crippen molar-refractivity contribution in [1.29, 1.82) is 5.26 Å². The molecule has 1 rings (SSSR count). The van der Waals surface area contributed by atoms with Gasteiger partial charge in [0, 0.05) is 18.1 Å². The molecular formula is C5H9ClN2S. The Kier molecular flexibility index (Phi) is 4.97. The smallest absolute Gasteiger partial charge is 0.104 e. The van der Waals surface area contributed by atoms with Gasteiger partial charge in [-0.25, -0.2) is 0 Å². The van der Waals surface area contributed by atoms with E-state index in [-0.39, 0.29) is 18.4 Å². The number of nitrogens with zero attached hydrogens (tertiary/aromatic N) is 1. The average Bonchev–Trinajstić information content (AvgIpc) is 1.90. The molecule has 0 amide bonds. The van der Waals surface area contributed by atoms with Crippen molar-refractivity contribution in [2.24, 2.45) is 0 Å². The summed E-state index contributed by atoms with van der Waals surface area (Å²) in [5.41, 5.74) is 0. The van der Waals surface area contributed by atoms with Crippen molar-refractivity contribution in [1.82, 2.24) is 5.32 Å². The van der Waals surface area contributed by atoms with Crippen molar-refractivity contribution < 1.29 is 0 Å². The second-order valence-corrected chi connectivity index (χ2v) is 2.86. The fourth-order valence-corrected chi connectivity index (χ4v) is 1.51. The number of rotatable bonds is 0. The van der Waals surface area contributed by atoms with E-state index in [1.54, 1.807) is 0 Å². The quantitative estimate of drug-likeness (QED) is 0.571. The van der Waals surface area contributed by atoms with E-state index in [4.69, 9.17) is 5.26 Å². The van der Waals surface area contributed by atoms with E-state index in [1.807, 2.05) is 11.8 Å². The van der Waals surface area contributed by atoms with Crippen LogP contribution in [-0.2, 0) is 0 Å². The molecule has 0 saturated carbocycles. The van der Waals surface area contributed by atoms with Crippen LogP contribution in [0.15, 0.2) is 0 Å². The molecule has 0 aromatic carbocycles. The van der Waals surface area contributed by atoms with Crippen LogP contribution in [0.2, 0.25) is 0 Å². The van der Waals surface area contributed by atoms with Gasteiger partial charge < -0.3 is 5.32 Å². The molecule has 0 aliphatic carbocycles. The number of hydrogen-bond donors (Lipinski definition) is 1. The highest BCUT2D eigenvalue weighted by molar-refractivity contribution is 7.99. The largest absolute Gasteiger partial charge is 0.300 e. The Labute approximate surface area is 65.4 Å². The molecule has 0 spiro atoms. The molecule has 1 atom stereocenters. The number of nitrogens with one attached hydrogen (secondary N) is 1. The molecule has 1 saturated heterocycles. The number of halogens is 1. The van der Waals surface area contributed by atoms with Crippen molar-refractivity contribution in [3.63, 3.8) is 0 Å². The van der Waals surface area contributed by atoms with Gasteiger partial charge >= 0.3 is 0 Å². The molecule has 1 N–H and O–H groups in total. The molecule has 52 valence electrons. The van der Waals surface area contributed by atoms with Crippen molar-refractivity contribution in [3.8, 4) is 6.07 Å². The molecule has 0 aromatic heterocycles. The van der Waals surface area contributed by atoms with E-state index in [2.05, 4.69) is 11.4 Å². The lowest BCUT2D eigenvalue weighted by Gasteiger charge is -2.15. The fraction of sp³-hybridized carbons (Fsp3) is 0.800. The zero-order valence-electron chi connectivity index (χ0n) is 4.96. The third kappa shape index (κ3) is 2.95. The molecule has 1 aliphatic rings. The minimum atomic E-state index is 0. The zero-order chi connectivity index (χ0) is 5.82. The normalized spacial score (nSPS) is 25.9. The van der Waals surface area contributed by atoms with Gasteiger partial charge in [0.2, 0.25) is 0 Å². The van der Waals surface area contributed by atoms with E-state index in [1.165, 1.54) is 0 Å². The minimum absolute atomic E-state index is 0. The van der Waals surface area contributed by atoms with E-state index >= 15 is 0 Å². The molecule has 0 radical (unpaired) electrons. The highest BCUT2D eigenvalue weighted by Crippen LogP contribution is 2.05. The van der Waals surface area contributed by atoms with Crippen molar-refractivity contribution in [2.45, 2.75) is 6.04 Å². The zero-order valence-corrected chi connectivity index (χ0v) is 6.60. The number of hydrogen-bond acceptors (Lipinski definition) is 3. The van der Waals surface area contributed by atoms with Gasteiger partial charge in [-0.3, -0.25) is 0 Å². The van der Waals surface area contributed by atoms with Crippen LogP contribution in [-0.4, -0.2) is 24.1 Å². The molecule has 9 heavy (non-hydrogen) atoms. The topological polar surface area (TPSA) is 35.8 Å². The summed E-state index contributed by atoms with van der Waals surface area (Å²) in [6.45, 7) is 0.989. The number of nitriles is 1. The Morgan fingerprint density at radius 2 is 2.44 bits per heavy atom. The second-order valence-electron chi connectivity index (χ2n) is 1.71. The first-order chi connectivity index (χ1) is 3.93. The van der Waals surface area contributed by atoms with Crippen LogP contribution in [0.1, 0.15) is 0 Å². The lowest BCUT2D eigenvalue weighted by atomic mass is 10.4. The van der Waals surface area contributed by atoms with Gasteiger partial charge in [0.05, 0.1) is 6.07 Å².